The second-order valence-corrected chi connectivity index (χ2v) is 5.26. The first-order chi connectivity index (χ1) is 7.95. The SMILES string of the molecule is CC(C)C(=O)SCCOCCON(O)C(C)C. The van der Waals surface area contributed by atoms with Crippen LogP contribution in [0.5, 0.6) is 0 Å². The van der Waals surface area contributed by atoms with E-state index in [0.29, 0.717) is 25.6 Å². The number of nitrogens with zero attached hydrogens (tertiary/aromatic N) is 1. The molecule has 0 fully saturated rings. The molecule has 0 aromatic carbocycles. The Morgan fingerprint density at radius 3 is 2.41 bits per heavy atom. The third kappa shape index (κ3) is 9.55. The number of hydrogen-bond donors (Lipinski definition) is 1. The van der Waals surface area contributed by atoms with Crippen molar-refractivity contribution in [2.24, 2.45) is 5.92 Å². The number of rotatable bonds is 9. The van der Waals surface area contributed by atoms with Gasteiger partial charge in [-0.3, -0.25) is 14.8 Å². The van der Waals surface area contributed by atoms with Crippen LogP contribution in [-0.4, -0.2) is 47.2 Å². The molecule has 0 rings (SSSR count). The van der Waals surface area contributed by atoms with Crippen LogP contribution in [-0.2, 0) is 14.4 Å². The van der Waals surface area contributed by atoms with E-state index in [2.05, 4.69) is 0 Å². The topological polar surface area (TPSA) is 59.0 Å². The molecule has 0 radical (unpaired) electrons. The predicted molar refractivity (Wildman–Crippen MR) is 67.8 cm³/mol. The number of carbonyl (C=O) groups excluding carboxylic acids is 1. The summed E-state index contributed by atoms with van der Waals surface area (Å²) >= 11 is 1.29. The van der Waals surface area contributed by atoms with Crippen LogP contribution in [0.2, 0.25) is 0 Å². The normalized spacial score (nSPS) is 11.8. The molecule has 0 aliphatic carbocycles. The average molecular weight is 265 g/mol. The van der Waals surface area contributed by atoms with Gasteiger partial charge in [0.2, 0.25) is 0 Å². The second-order valence-electron chi connectivity index (χ2n) is 4.16. The Bertz CT molecular complexity index is 212. The maximum Gasteiger partial charge on any atom is 0.191 e. The van der Waals surface area contributed by atoms with Gasteiger partial charge in [0.05, 0.1) is 25.9 Å². The van der Waals surface area contributed by atoms with E-state index < -0.39 is 0 Å². The fraction of sp³-hybridized carbons (Fsp3) is 0.909. The molecule has 0 aliphatic heterocycles. The first-order valence-corrected chi connectivity index (χ1v) is 6.79. The van der Waals surface area contributed by atoms with Crippen molar-refractivity contribution >= 4 is 16.9 Å². The third-order valence-electron chi connectivity index (χ3n) is 1.84. The number of hydroxylamine groups is 2. The lowest BCUT2D eigenvalue weighted by molar-refractivity contribution is -0.359. The Morgan fingerprint density at radius 2 is 1.88 bits per heavy atom. The molecule has 0 atom stereocenters. The summed E-state index contributed by atoms with van der Waals surface area (Å²) in [6.45, 7) is 8.61. The molecule has 0 unspecified atom stereocenters. The zero-order valence-corrected chi connectivity index (χ0v) is 11.8. The fourth-order valence-corrected chi connectivity index (χ4v) is 1.54. The monoisotopic (exact) mass is 265 g/mol. The Kier molecular flexibility index (Phi) is 9.76. The lowest BCUT2D eigenvalue weighted by Crippen LogP contribution is -2.28. The van der Waals surface area contributed by atoms with Crippen LogP contribution in [0.4, 0.5) is 0 Å². The largest absolute Gasteiger partial charge is 0.378 e. The van der Waals surface area contributed by atoms with Crippen LogP contribution < -0.4 is 0 Å². The van der Waals surface area contributed by atoms with E-state index in [1.165, 1.54) is 11.8 Å². The minimum atomic E-state index is -0.0748. The van der Waals surface area contributed by atoms with Crippen molar-refractivity contribution in [1.82, 2.24) is 5.23 Å². The van der Waals surface area contributed by atoms with Crippen LogP contribution in [0.3, 0.4) is 0 Å². The highest BCUT2D eigenvalue weighted by molar-refractivity contribution is 8.13. The Morgan fingerprint density at radius 1 is 1.24 bits per heavy atom. The van der Waals surface area contributed by atoms with Crippen molar-refractivity contribution in [3.05, 3.63) is 0 Å². The molecule has 0 aromatic heterocycles. The molecule has 0 aromatic rings. The highest BCUT2D eigenvalue weighted by Gasteiger charge is 2.07. The predicted octanol–water partition coefficient (Wildman–Crippen LogP) is 1.95. The highest BCUT2D eigenvalue weighted by atomic mass is 32.2. The van der Waals surface area contributed by atoms with E-state index in [9.17, 15) is 4.79 Å². The molecule has 1 N–H and O–H groups in total. The van der Waals surface area contributed by atoms with Crippen LogP contribution in [0.25, 0.3) is 0 Å². The first-order valence-electron chi connectivity index (χ1n) is 5.80. The minimum Gasteiger partial charge on any atom is -0.378 e. The quantitative estimate of drug-likeness (QED) is 0.508. The summed E-state index contributed by atoms with van der Waals surface area (Å²) in [6, 6.07) is -0.0748. The molecule has 6 heteroatoms. The van der Waals surface area contributed by atoms with E-state index in [1.54, 1.807) is 0 Å². The van der Waals surface area contributed by atoms with Gasteiger partial charge in [0, 0.05) is 11.7 Å². The maximum absolute atomic E-state index is 11.2. The zero-order chi connectivity index (χ0) is 13.3. The Labute approximate surface area is 107 Å². The number of hydrogen-bond acceptors (Lipinski definition) is 6. The van der Waals surface area contributed by atoms with Gasteiger partial charge in [-0.1, -0.05) is 30.8 Å². The molecule has 0 saturated heterocycles. The van der Waals surface area contributed by atoms with Gasteiger partial charge < -0.3 is 4.74 Å². The summed E-state index contributed by atoms with van der Waals surface area (Å²) in [6.07, 6.45) is 0. The van der Waals surface area contributed by atoms with Crippen LogP contribution in [0.1, 0.15) is 27.7 Å². The Balaban J connectivity index is 3.27. The van der Waals surface area contributed by atoms with Gasteiger partial charge in [0.25, 0.3) is 0 Å². The number of thioether (sulfide) groups is 1. The van der Waals surface area contributed by atoms with Gasteiger partial charge in [-0.2, -0.15) is 0 Å². The van der Waals surface area contributed by atoms with Crippen molar-refractivity contribution in [2.45, 2.75) is 33.7 Å². The third-order valence-corrected chi connectivity index (χ3v) is 2.96. The lowest BCUT2D eigenvalue weighted by atomic mass is 10.3. The smallest absolute Gasteiger partial charge is 0.191 e. The molecular weight excluding hydrogens is 242 g/mol. The summed E-state index contributed by atoms with van der Waals surface area (Å²) < 4.78 is 5.26. The summed E-state index contributed by atoms with van der Waals surface area (Å²) in [7, 11) is 0. The van der Waals surface area contributed by atoms with E-state index in [0.717, 1.165) is 5.23 Å². The van der Waals surface area contributed by atoms with Gasteiger partial charge >= 0.3 is 0 Å². The van der Waals surface area contributed by atoms with E-state index in [4.69, 9.17) is 14.8 Å². The van der Waals surface area contributed by atoms with Crippen LogP contribution in [0, 0.1) is 5.92 Å². The van der Waals surface area contributed by atoms with Crippen molar-refractivity contribution in [3.63, 3.8) is 0 Å². The molecule has 0 amide bonds. The van der Waals surface area contributed by atoms with E-state index >= 15 is 0 Å². The summed E-state index contributed by atoms with van der Waals surface area (Å²) in [5.74, 6) is 0.724. The first kappa shape index (κ1) is 16.9. The summed E-state index contributed by atoms with van der Waals surface area (Å²) in [4.78, 5) is 16.2. The van der Waals surface area contributed by atoms with Crippen molar-refractivity contribution in [2.75, 3.05) is 25.6 Å². The Hall–Kier alpha value is -0.140. The number of carbonyl (C=O) groups is 1. The molecule has 17 heavy (non-hydrogen) atoms. The average Bonchev–Trinajstić information content (AvgIpc) is 2.26. The molecular formula is C11H23NO4S. The van der Waals surface area contributed by atoms with Crippen molar-refractivity contribution in [1.29, 1.82) is 0 Å². The van der Waals surface area contributed by atoms with E-state index in [1.807, 2.05) is 27.7 Å². The van der Waals surface area contributed by atoms with Gasteiger partial charge in [-0.05, 0) is 13.8 Å². The molecule has 0 saturated carbocycles. The maximum atomic E-state index is 11.2. The standard InChI is InChI=1S/C11H23NO4S/c1-9(2)11(13)17-8-7-15-5-6-16-12(14)10(3)4/h9-10,14H,5-8H2,1-4H3. The van der Waals surface area contributed by atoms with Crippen LogP contribution >= 0.6 is 11.8 Å². The minimum absolute atomic E-state index is 0.0670. The van der Waals surface area contributed by atoms with E-state index in [-0.39, 0.29) is 17.1 Å². The number of ether oxygens (including phenoxy) is 1. The van der Waals surface area contributed by atoms with Crippen molar-refractivity contribution in [3.8, 4) is 0 Å². The molecule has 0 aliphatic rings. The van der Waals surface area contributed by atoms with Gasteiger partial charge in [0.15, 0.2) is 5.12 Å². The summed E-state index contributed by atoms with van der Waals surface area (Å²) in [5, 5.41) is 10.2. The lowest BCUT2D eigenvalue weighted by Gasteiger charge is -2.17. The zero-order valence-electron chi connectivity index (χ0n) is 11.0. The van der Waals surface area contributed by atoms with Crippen LogP contribution in [0.15, 0.2) is 0 Å². The van der Waals surface area contributed by atoms with Gasteiger partial charge in [-0.25, -0.2) is 0 Å². The van der Waals surface area contributed by atoms with Crippen molar-refractivity contribution < 1.29 is 19.6 Å². The van der Waals surface area contributed by atoms with Gasteiger partial charge in [-0.15, -0.1) is 0 Å². The molecule has 0 spiro atoms. The highest BCUT2D eigenvalue weighted by Crippen LogP contribution is 2.09. The molecule has 0 heterocycles. The fourth-order valence-electron chi connectivity index (χ4n) is 0.809. The molecule has 102 valence electrons. The second kappa shape index (κ2) is 9.85. The molecule has 0 bridgehead atoms. The summed E-state index contributed by atoms with van der Waals surface area (Å²) in [5.41, 5.74) is 0. The molecule has 5 nitrogen and oxygen atoms in total. The van der Waals surface area contributed by atoms with Gasteiger partial charge in [0.1, 0.15) is 0 Å².